The molecule has 0 amide bonds. The van der Waals surface area contributed by atoms with Gasteiger partial charge >= 0.3 is 0 Å². The minimum absolute atomic E-state index is 0.173. The van der Waals surface area contributed by atoms with Crippen LogP contribution in [-0.2, 0) is 15.6 Å². The van der Waals surface area contributed by atoms with Crippen LogP contribution in [0.4, 0.5) is 0 Å². The van der Waals surface area contributed by atoms with Crippen molar-refractivity contribution in [2.75, 3.05) is 26.4 Å². The summed E-state index contributed by atoms with van der Waals surface area (Å²) in [6, 6.07) is 6.08. The largest absolute Gasteiger partial charge is 0.454 e. The number of hydrogen-bond acceptors (Lipinski definition) is 4. The number of piperidine rings is 1. The predicted molar refractivity (Wildman–Crippen MR) is 104 cm³/mol. The van der Waals surface area contributed by atoms with Crippen molar-refractivity contribution in [2.45, 2.75) is 57.3 Å². The lowest BCUT2D eigenvalue weighted by atomic mass is 9.69. The summed E-state index contributed by atoms with van der Waals surface area (Å²) in [5.74, 6) is 1.96. The molecule has 1 atom stereocenters. The van der Waals surface area contributed by atoms with Crippen molar-refractivity contribution in [1.82, 2.24) is 9.03 Å². The Labute approximate surface area is 162 Å². The lowest BCUT2D eigenvalue weighted by Crippen LogP contribution is -2.50. The molecule has 1 unspecified atom stereocenters. The van der Waals surface area contributed by atoms with Crippen LogP contribution >= 0.6 is 0 Å². The van der Waals surface area contributed by atoms with Crippen LogP contribution in [0.3, 0.4) is 0 Å². The summed E-state index contributed by atoms with van der Waals surface area (Å²) >= 11 is 0. The van der Waals surface area contributed by atoms with E-state index in [4.69, 9.17) is 9.47 Å². The van der Waals surface area contributed by atoms with Crippen LogP contribution in [-0.4, -0.2) is 39.2 Å². The van der Waals surface area contributed by atoms with Crippen molar-refractivity contribution < 1.29 is 17.9 Å². The maximum atomic E-state index is 12.9. The van der Waals surface area contributed by atoms with Crippen molar-refractivity contribution >= 4 is 10.2 Å². The highest BCUT2D eigenvalue weighted by molar-refractivity contribution is 7.87. The Bertz CT molecular complexity index is 774. The molecule has 0 aromatic heterocycles. The molecule has 150 valence electrons. The number of fused-ring (bicyclic) bond motifs is 1. The van der Waals surface area contributed by atoms with Crippen molar-refractivity contribution in [2.24, 2.45) is 5.92 Å². The first-order chi connectivity index (χ1) is 13.0. The molecule has 0 radical (unpaired) electrons. The van der Waals surface area contributed by atoms with Crippen LogP contribution in [0.25, 0.3) is 0 Å². The van der Waals surface area contributed by atoms with Gasteiger partial charge in [-0.1, -0.05) is 32.3 Å². The van der Waals surface area contributed by atoms with Gasteiger partial charge in [0.15, 0.2) is 11.5 Å². The Kier molecular flexibility index (Phi) is 5.36. The molecule has 7 heteroatoms. The summed E-state index contributed by atoms with van der Waals surface area (Å²) < 4.78 is 41.4. The number of ether oxygens (including phenoxy) is 2. The molecule has 1 aliphatic carbocycles. The van der Waals surface area contributed by atoms with E-state index in [0.29, 0.717) is 25.6 Å². The molecule has 3 aliphatic rings. The minimum Gasteiger partial charge on any atom is -0.454 e. The zero-order valence-corrected chi connectivity index (χ0v) is 16.9. The van der Waals surface area contributed by atoms with E-state index < -0.39 is 10.2 Å². The summed E-state index contributed by atoms with van der Waals surface area (Å²) in [6.45, 7) is 4.06. The summed E-state index contributed by atoms with van der Waals surface area (Å²) in [7, 11) is -3.45. The van der Waals surface area contributed by atoms with E-state index in [9.17, 15) is 8.42 Å². The van der Waals surface area contributed by atoms with E-state index in [-0.39, 0.29) is 12.2 Å². The zero-order valence-electron chi connectivity index (χ0n) is 16.1. The Morgan fingerprint density at radius 2 is 1.93 bits per heavy atom. The van der Waals surface area contributed by atoms with E-state index in [2.05, 4.69) is 17.7 Å². The summed E-state index contributed by atoms with van der Waals surface area (Å²) in [5.41, 5.74) is 0.981. The summed E-state index contributed by atoms with van der Waals surface area (Å²) in [6.07, 6.45) is 7.48. The van der Waals surface area contributed by atoms with Gasteiger partial charge in [-0.3, -0.25) is 0 Å². The molecule has 6 nitrogen and oxygen atoms in total. The van der Waals surface area contributed by atoms with Gasteiger partial charge in [-0.2, -0.15) is 12.7 Å². The molecule has 0 spiro atoms. The molecular formula is C20H30N2O4S. The van der Waals surface area contributed by atoms with Gasteiger partial charge in [0.25, 0.3) is 10.2 Å². The van der Waals surface area contributed by atoms with Crippen LogP contribution < -0.4 is 14.2 Å². The van der Waals surface area contributed by atoms with Gasteiger partial charge in [-0.15, -0.1) is 0 Å². The topological polar surface area (TPSA) is 67.9 Å². The van der Waals surface area contributed by atoms with Gasteiger partial charge in [0.05, 0.1) is 0 Å². The van der Waals surface area contributed by atoms with Gasteiger partial charge in [0.1, 0.15) is 0 Å². The predicted octanol–water partition coefficient (Wildman–Crippen LogP) is 3.18. The second-order valence-electron chi connectivity index (χ2n) is 8.34. The molecule has 1 aromatic carbocycles. The Morgan fingerprint density at radius 1 is 1.15 bits per heavy atom. The number of hydrogen-bond donors (Lipinski definition) is 1. The second kappa shape index (κ2) is 7.60. The number of nitrogens with one attached hydrogen (secondary N) is 1. The first-order valence-corrected chi connectivity index (χ1v) is 11.6. The fourth-order valence-corrected chi connectivity index (χ4v) is 6.17. The minimum atomic E-state index is -3.45. The lowest BCUT2D eigenvalue weighted by molar-refractivity contribution is 0.174. The normalized spacial score (nSPS) is 25.4. The summed E-state index contributed by atoms with van der Waals surface area (Å²) in [5, 5.41) is 0. The lowest BCUT2D eigenvalue weighted by Gasteiger charge is -2.39. The third-order valence-electron chi connectivity index (χ3n) is 6.35. The maximum absolute atomic E-state index is 12.9. The molecule has 1 N–H and O–H groups in total. The SMILES string of the molecule is CC1CCCN(S(=O)(=O)NCC2(c3ccc4c(c3)OCO4)CCCCC2)C1. The van der Waals surface area contributed by atoms with Gasteiger partial charge in [-0.25, -0.2) is 4.72 Å². The summed E-state index contributed by atoms with van der Waals surface area (Å²) in [4.78, 5) is 0. The van der Waals surface area contributed by atoms with Gasteiger partial charge in [0, 0.05) is 25.0 Å². The molecule has 1 saturated carbocycles. The Morgan fingerprint density at radius 3 is 2.70 bits per heavy atom. The van der Waals surface area contributed by atoms with Crippen LogP contribution in [0.1, 0.15) is 57.4 Å². The van der Waals surface area contributed by atoms with Crippen molar-refractivity contribution in [3.05, 3.63) is 23.8 Å². The molecule has 4 rings (SSSR count). The molecular weight excluding hydrogens is 364 g/mol. The standard InChI is InChI=1S/C20H30N2O4S/c1-16-6-5-11-22(13-16)27(23,24)21-14-20(9-3-2-4-10-20)17-7-8-18-19(12-17)26-15-25-18/h7-8,12,16,21H,2-6,9-11,13-15H2,1H3. The quantitative estimate of drug-likeness (QED) is 0.833. The molecule has 2 fully saturated rings. The second-order valence-corrected chi connectivity index (χ2v) is 10.1. The van der Waals surface area contributed by atoms with E-state index in [1.165, 1.54) is 6.42 Å². The van der Waals surface area contributed by atoms with Crippen LogP contribution in [0.5, 0.6) is 11.5 Å². The molecule has 2 heterocycles. The third kappa shape index (κ3) is 3.96. The zero-order chi connectivity index (χ0) is 18.9. The van der Waals surface area contributed by atoms with Crippen LogP contribution in [0.15, 0.2) is 18.2 Å². The van der Waals surface area contributed by atoms with Crippen molar-refractivity contribution in [1.29, 1.82) is 0 Å². The molecule has 1 saturated heterocycles. The smallest absolute Gasteiger partial charge is 0.279 e. The Hall–Kier alpha value is -1.31. The molecule has 27 heavy (non-hydrogen) atoms. The monoisotopic (exact) mass is 394 g/mol. The number of benzene rings is 1. The first kappa shape index (κ1) is 19.0. The van der Waals surface area contributed by atoms with E-state index >= 15 is 0 Å². The van der Waals surface area contributed by atoms with Gasteiger partial charge in [-0.05, 0) is 49.3 Å². The fourth-order valence-electron chi connectivity index (χ4n) is 4.71. The molecule has 2 aliphatic heterocycles. The third-order valence-corrected chi connectivity index (χ3v) is 7.87. The average Bonchev–Trinajstić information content (AvgIpc) is 3.15. The number of nitrogens with zero attached hydrogens (tertiary/aromatic N) is 1. The van der Waals surface area contributed by atoms with Crippen LogP contribution in [0.2, 0.25) is 0 Å². The van der Waals surface area contributed by atoms with Crippen LogP contribution in [0, 0.1) is 5.92 Å². The highest BCUT2D eigenvalue weighted by Gasteiger charge is 2.37. The first-order valence-electron chi connectivity index (χ1n) is 10.1. The van der Waals surface area contributed by atoms with Crippen molar-refractivity contribution in [3.63, 3.8) is 0 Å². The van der Waals surface area contributed by atoms with E-state index in [1.54, 1.807) is 4.31 Å². The highest BCUT2D eigenvalue weighted by atomic mass is 32.2. The van der Waals surface area contributed by atoms with E-state index in [1.807, 2.05) is 12.1 Å². The number of rotatable bonds is 5. The van der Waals surface area contributed by atoms with E-state index in [0.717, 1.165) is 55.6 Å². The highest BCUT2D eigenvalue weighted by Crippen LogP contribution is 2.43. The maximum Gasteiger partial charge on any atom is 0.279 e. The van der Waals surface area contributed by atoms with Gasteiger partial charge in [0.2, 0.25) is 6.79 Å². The van der Waals surface area contributed by atoms with Crippen molar-refractivity contribution in [3.8, 4) is 11.5 Å². The molecule has 1 aromatic rings. The average molecular weight is 395 g/mol. The fraction of sp³-hybridized carbons (Fsp3) is 0.700. The molecule has 0 bridgehead atoms. The Balaban J connectivity index is 1.54. The van der Waals surface area contributed by atoms with Gasteiger partial charge < -0.3 is 9.47 Å².